The molecule has 1 aromatic carbocycles. The summed E-state index contributed by atoms with van der Waals surface area (Å²) >= 11 is 5.98. The van der Waals surface area contributed by atoms with E-state index < -0.39 is 6.67 Å². The molecule has 8 heteroatoms. The maximum Gasteiger partial charge on any atom is 0.214 e. The number of hydrazine groups is 1. The average molecular weight is 310 g/mol. The van der Waals surface area contributed by atoms with Gasteiger partial charge in [0.2, 0.25) is 5.88 Å². The SMILES string of the molecule is N/C(=C\N(N)c1ccc(Cl)cc1-c1cc(O)ncn1)CF. The Labute approximate surface area is 125 Å². The van der Waals surface area contributed by atoms with Crippen molar-refractivity contribution < 1.29 is 9.50 Å². The highest BCUT2D eigenvalue weighted by molar-refractivity contribution is 6.31. The van der Waals surface area contributed by atoms with Gasteiger partial charge in [-0.15, -0.1) is 0 Å². The number of halogens is 2. The molecule has 0 bridgehead atoms. The number of hydrogen-bond acceptors (Lipinski definition) is 6. The van der Waals surface area contributed by atoms with Crippen molar-refractivity contribution in [3.63, 3.8) is 0 Å². The van der Waals surface area contributed by atoms with Gasteiger partial charge in [0.05, 0.1) is 17.1 Å². The highest BCUT2D eigenvalue weighted by Gasteiger charge is 2.12. The van der Waals surface area contributed by atoms with Crippen LogP contribution in [0.15, 0.2) is 42.5 Å². The van der Waals surface area contributed by atoms with Crippen LogP contribution in [0, 0.1) is 0 Å². The Morgan fingerprint density at radius 2 is 2.14 bits per heavy atom. The molecule has 1 heterocycles. The second-order valence-electron chi connectivity index (χ2n) is 4.17. The normalized spacial score (nSPS) is 11.5. The first-order valence-corrected chi connectivity index (χ1v) is 6.26. The lowest BCUT2D eigenvalue weighted by Gasteiger charge is -2.18. The van der Waals surface area contributed by atoms with Crippen LogP contribution >= 0.6 is 11.6 Å². The standard InChI is InChI=1S/C13H13ClFN5O/c14-8-1-2-12(20(17)6-9(16)5-15)10(3-8)11-4-13(21)19-7-18-11/h1-4,6-7H,5,16-17H2,(H,18,19,21)/b9-6-. The van der Waals surface area contributed by atoms with E-state index in [1.165, 1.54) is 23.6 Å². The molecule has 0 radical (unpaired) electrons. The first-order chi connectivity index (χ1) is 10.0. The molecule has 0 amide bonds. The summed E-state index contributed by atoms with van der Waals surface area (Å²) in [7, 11) is 0. The molecule has 0 aliphatic carbocycles. The number of benzene rings is 1. The third kappa shape index (κ3) is 3.59. The highest BCUT2D eigenvalue weighted by Crippen LogP contribution is 2.32. The lowest BCUT2D eigenvalue weighted by atomic mass is 10.1. The largest absolute Gasteiger partial charge is 0.493 e. The van der Waals surface area contributed by atoms with E-state index >= 15 is 0 Å². The van der Waals surface area contributed by atoms with Gasteiger partial charge in [0.15, 0.2) is 0 Å². The summed E-state index contributed by atoms with van der Waals surface area (Å²) in [5.74, 6) is 5.67. The molecule has 5 N–H and O–H groups in total. The summed E-state index contributed by atoms with van der Waals surface area (Å²) in [5.41, 5.74) is 6.86. The van der Waals surface area contributed by atoms with Crippen molar-refractivity contribution in [1.29, 1.82) is 0 Å². The van der Waals surface area contributed by atoms with E-state index in [4.69, 9.17) is 23.2 Å². The number of allylic oxidation sites excluding steroid dienone is 1. The molecule has 1 aromatic heterocycles. The van der Waals surface area contributed by atoms with E-state index in [2.05, 4.69) is 9.97 Å². The molecule has 2 rings (SSSR count). The Balaban J connectivity index is 2.52. The first kappa shape index (κ1) is 15.0. The number of alkyl halides is 1. The summed E-state index contributed by atoms with van der Waals surface area (Å²) in [4.78, 5) is 7.66. The number of rotatable bonds is 4. The van der Waals surface area contributed by atoms with Gasteiger partial charge in [-0.2, -0.15) is 0 Å². The van der Waals surface area contributed by atoms with Gasteiger partial charge >= 0.3 is 0 Å². The van der Waals surface area contributed by atoms with Gasteiger partial charge in [0.25, 0.3) is 0 Å². The van der Waals surface area contributed by atoms with Crippen molar-refractivity contribution >= 4 is 17.3 Å². The number of aromatic hydroxyl groups is 1. The van der Waals surface area contributed by atoms with Crippen LogP contribution in [-0.2, 0) is 0 Å². The average Bonchev–Trinajstić information content (AvgIpc) is 2.46. The molecule has 0 unspecified atom stereocenters. The van der Waals surface area contributed by atoms with Gasteiger partial charge in [-0.1, -0.05) is 11.6 Å². The Bertz CT molecular complexity index is 679. The molecule has 0 fully saturated rings. The van der Waals surface area contributed by atoms with Crippen LogP contribution in [0.5, 0.6) is 5.88 Å². The van der Waals surface area contributed by atoms with E-state index in [1.807, 2.05) is 0 Å². The lowest BCUT2D eigenvalue weighted by molar-refractivity contribution is 0.452. The van der Waals surface area contributed by atoms with Crippen molar-refractivity contribution in [2.45, 2.75) is 0 Å². The second-order valence-corrected chi connectivity index (χ2v) is 4.60. The minimum Gasteiger partial charge on any atom is -0.493 e. The number of hydrogen-bond donors (Lipinski definition) is 3. The molecule has 110 valence electrons. The number of nitrogens with two attached hydrogens (primary N) is 2. The van der Waals surface area contributed by atoms with E-state index in [9.17, 15) is 9.50 Å². The number of anilines is 1. The third-order valence-corrected chi connectivity index (χ3v) is 2.86. The summed E-state index contributed by atoms with van der Waals surface area (Å²) in [6, 6.07) is 6.25. The molecule has 21 heavy (non-hydrogen) atoms. The lowest BCUT2D eigenvalue weighted by Crippen LogP contribution is -2.27. The van der Waals surface area contributed by atoms with Crippen LogP contribution in [0.1, 0.15) is 0 Å². The zero-order valence-electron chi connectivity index (χ0n) is 10.9. The predicted octanol–water partition coefficient (Wildman–Crippen LogP) is 1.95. The summed E-state index contributed by atoms with van der Waals surface area (Å²) < 4.78 is 12.5. The number of nitrogens with zero attached hydrogens (tertiary/aromatic N) is 3. The molecular weight excluding hydrogens is 297 g/mol. The Morgan fingerprint density at radius 3 is 2.81 bits per heavy atom. The van der Waals surface area contributed by atoms with Crippen LogP contribution in [0.25, 0.3) is 11.3 Å². The molecule has 0 saturated heterocycles. The summed E-state index contributed by atoms with van der Waals surface area (Å²) in [6.45, 7) is -0.815. The molecule has 2 aromatic rings. The maximum absolute atomic E-state index is 12.5. The monoisotopic (exact) mass is 309 g/mol. The fraction of sp³-hybridized carbons (Fsp3) is 0.0769. The van der Waals surface area contributed by atoms with Gasteiger partial charge < -0.3 is 10.8 Å². The van der Waals surface area contributed by atoms with E-state index in [1.54, 1.807) is 18.2 Å². The van der Waals surface area contributed by atoms with Crippen LogP contribution in [0.3, 0.4) is 0 Å². The van der Waals surface area contributed by atoms with Crippen molar-refractivity contribution in [3.8, 4) is 17.1 Å². The van der Waals surface area contributed by atoms with Crippen LogP contribution in [-0.4, -0.2) is 21.7 Å². The Hall–Kier alpha value is -2.38. The summed E-state index contributed by atoms with van der Waals surface area (Å²) in [6.07, 6.45) is 2.47. The van der Waals surface area contributed by atoms with E-state index in [-0.39, 0.29) is 11.6 Å². The van der Waals surface area contributed by atoms with Gasteiger partial charge in [-0.3, -0.25) is 5.01 Å². The van der Waals surface area contributed by atoms with Crippen LogP contribution < -0.4 is 16.6 Å². The maximum atomic E-state index is 12.5. The molecule has 0 atom stereocenters. The van der Waals surface area contributed by atoms with Crippen molar-refractivity contribution in [2.75, 3.05) is 11.7 Å². The van der Waals surface area contributed by atoms with Crippen LogP contribution in [0.4, 0.5) is 10.1 Å². The van der Waals surface area contributed by atoms with Crippen molar-refractivity contribution in [2.24, 2.45) is 11.6 Å². The Morgan fingerprint density at radius 1 is 1.38 bits per heavy atom. The highest BCUT2D eigenvalue weighted by atomic mass is 35.5. The quantitative estimate of drug-likeness (QED) is 0.589. The fourth-order valence-corrected chi connectivity index (χ4v) is 1.89. The molecule has 0 aliphatic heterocycles. The van der Waals surface area contributed by atoms with Crippen molar-refractivity contribution in [1.82, 2.24) is 9.97 Å². The minimum atomic E-state index is -0.815. The smallest absolute Gasteiger partial charge is 0.214 e. The van der Waals surface area contributed by atoms with Crippen molar-refractivity contribution in [3.05, 3.63) is 47.5 Å². The zero-order valence-corrected chi connectivity index (χ0v) is 11.6. The minimum absolute atomic E-state index is 0.0241. The first-order valence-electron chi connectivity index (χ1n) is 5.88. The topological polar surface area (TPSA) is 101 Å². The van der Waals surface area contributed by atoms with Gasteiger partial charge in [-0.25, -0.2) is 20.2 Å². The van der Waals surface area contributed by atoms with Crippen LogP contribution in [0.2, 0.25) is 5.02 Å². The molecule has 0 spiro atoms. The Kier molecular flexibility index (Phi) is 4.56. The molecule has 6 nitrogen and oxygen atoms in total. The fourth-order valence-electron chi connectivity index (χ4n) is 1.72. The van der Waals surface area contributed by atoms with E-state index in [0.29, 0.717) is 22.0 Å². The number of aromatic nitrogens is 2. The van der Waals surface area contributed by atoms with Gasteiger partial charge in [0.1, 0.15) is 13.0 Å². The van der Waals surface area contributed by atoms with Gasteiger partial charge in [0, 0.05) is 22.9 Å². The molecule has 0 aliphatic rings. The second kappa shape index (κ2) is 6.38. The molecular formula is C13H13ClFN5O. The third-order valence-electron chi connectivity index (χ3n) is 2.62. The molecule has 0 saturated carbocycles. The predicted molar refractivity (Wildman–Crippen MR) is 79.1 cm³/mol. The van der Waals surface area contributed by atoms with Gasteiger partial charge in [-0.05, 0) is 18.2 Å². The zero-order chi connectivity index (χ0) is 15.4. The summed E-state index contributed by atoms with van der Waals surface area (Å²) in [5, 5.41) is 11.1. The van der Waals surface area contributed by atoms with E-state index in [0.717, 1.165) is 0 Å².